The standard InChI is InChI=1S/C14H11N9O/c24-14(9-2-1-8-5-18-22-12(8)19-9)17-7-11-20-13(23-21-11)10-6-15-3-4-16-10/h1-6H,7H2,(H,17,24)(H,18,19,22)(H,20,21,23). The second kappa shape index (κ2) is 5.83. The first-order valence-electron chi connectivity index (χ1n) is 7.05. The van der Waals surface area contributed by atoms with E-state index in [1.807, 2.05) is 0 Å². The molecule has 0 bridgehead atoms. The van der Waals surface area contributed by atoms with Gasteiger partial charge in [0, 0.05) is 17.8 Å². The molecule has 3 N–H and O–H groups in total. The number of amides is 1. The molecule has 0 spiro atoms. The summed E-state index contributed by atoms with van der Waals surface area (Å²) in [7, 11) is 0. The predicted octanol–water partition coefficient (Wildman–Crippen LogP) is 0.463. The van der Waals surface area contributed by atoms with E-state index in [1.54, 1.807) is 36.9 Å². The van der Waals surface area contributed by atoms with Gasteiger partial charge in [-0.1, -0.05) is 0 Å². The highest BCUT2D eigenvalue weighted by Gasteiger charge is 2.11. The molecule has 0 aliphatic carbocycles. The number of nitrogens with one attached hydrogen (secondary N) is 3. The normalized spacial score (nSPS) is 10.8. The van der Waals surface area contributed by atoms with E-state index in [1.165, 1.54) is 0 Å². The number of carbonyl (C=O) groups excluding carboxylic acids is 1. The lowest BCUT2D eigenvalue weighted by atomic mass is 10.3. The molecule has 1 amide bonds. The van der Waals surface area contributed by atoms with Crippen molar-refractivity contribution >= 4 is 16.9 Å². The molecular weight excluding hydrogens is 310 g/mol. The minimum Gasteiger partial charge on any atom is -0.343 e. The number of carbonyl (C=O) groups is 1. The summed E-state index contributed by atoms with van der Waals surface area (Å²) in [6.45, 7) is 0.189. The fourth-order valence-corrected chi connectivity index (χ4v) is 2.11. The van der Waals surface area contributed by atoms with Crippen molar-refractivity contribution in [2.24, 2.45) is 0 Å². The second-order valence-electron chi connectivity index (χ2n) is 4.88. The molecule has 4 aromatic rings. The highest BCUT2D eigenvalue weighted by Crippen LogP contribution is 2.10. The van der Waals surface area contributed by atoms with Gasteiger partial charge in [0.25, 0.3) is 5.91 Å². The zero-order chi connectivity index (χ0) is 16.4. The minimum absolute atomic E-state index is 0.189. The van der Waals surface area contributed by atoms with E-state index in [2.05, 4.69) is 45.6 Å². The minimum atomic E-state index is -0.316. The molecule has 0 atom stereocenters. The second-order valence-corrected chi connectivity index (χ2v) is 4.88. The molecule has 0 fully saturated rings. The molecule has 24 heavy (non-hydrogen) atoms. The van der Waals surface area contributed by atoms with Gasteiger partial charge in [0.05, 0.1) is 18.9 Å². The molecule has 0 aliphatic heterocycles. The van der Waals surface area contributed by atoms with Crippen molar-refractivity contribution in [2.75, 3.05) is 0 Å². The van der Waals surface area contributed by atoms with Gasteiger partial charge in [-0.2, -0.15) is 10.2 Å². The third-order valence-corrected chi connectivity index (χ3v) is 3.27. The molecule has 0 unspecified atom stereocenters. The van der Waals surface area contributed by atoms with Gasteiger partial charge in [0.1, 0.15) is 17.2 Å². The fraction of sp³-hybridized carbons (Fsp3) is 0.0714. The topological polar surface area (TPSA) is 138 Å². The molecule has 118 valence electrons. The van der Waals surface area contributed by atoms with Crippen molar-refractivity contribution < 1.29 is 4.79 Å². The van der Waals surface area contributed by atoms with Gasteiger partial charge in [-0.05, 0) is 12.1 Å². The monoisotopic (exact) mass is 321 g/mol. The molecule has 4 rings (SSSR count). The Kier molecular flexibility index (Phi) is 3.39. The van der Waals surface area contributed by atoms with Gasteiger partial charge in [0.2, 0.25) is 5.82 Å². The smallest absolute Gasteiger partial charge is 0.270 e. The van der Waals surface area contributed by atoms with Crippen LogP contribution in [0.1, 0.15) is 16.3 Å². The summed E-state index contributed by atoms with van der Waals surface area (Å²) in [5, 5.41) is 17.0. The van der Waals surface area contributed by atoms with E-state index < -0.39 is 0 Å². The number of hydrogen-bond acceptors (Lipinski definition) is 7. The van der Waals surface area contributed by atoms with Crippen molar-refractivity contribution in [1.82, 2.24) is 45.6 Å². The maximum Gasteiger partial charge on any atom is 0.270 e. The number of hydrogen-bond donors (Lipinski definition) is 3. The average molecular weight is 321 g/mol. The molecule has 0 radical (unpaired) electrons. The van der Waals surface area contributed by atoms with Crippen LogP contribution in [0.5, 0.6) is 0 Å². The molecular formula is C14H11N9O. The number of fused-ring (bicyclic) bond motifs is 1. The van der Waals surface area contributed by atoms with Crippen LogP contribution in [0.25, 0.3) is 22.6 Å². The van der Waals surface area contributed by atoms with Crippen molar-refractivity contribution in [1.29, 1.82) is 0 Å². The number of aromatic amines is 2. The summed E-state index contributed by atoms with van der Waals surface area (Å²) < 4.78 is 0. The van der Waals surface area contributed by atoms with Crippen LogP contribution in [0.3, 0.4) is 0 Å². The highest BCUT2D eigenvalue weighted by molar-refractivity contribution is 5.94. The number of nitrogens with zero attached hydrogens (tertiary/aromatic N) is 6. The Morgan fingerprint density at radius 3 is 2.96 bits per heavy atom. The van der Waals surface area contributed by atoms with Crippen LogP contribution in [0.2, 0.25) is 0 Å². The zero-order valence-electron chi connectivity index (χ0n) is 12.3. The summed E-state index contributed by atoms with van der Waals surface area (Å²) in [4.78, 5) is 28.7. The van der Waals surface area contributed by atoms with Crippen molar-refractivity contribution in [3.8, 4) is 11.5 Å². The van der Waals surface area contributed by atoms with Crippen molar-refractivity contribution in [2.45, 2.75) is 6.54 Å². The highest BCUT2D eigenvalue weighted by atomic mass is 16.1. The quantitative estimate of drug-likeness (QED) is 0.496. The molecule has 0 saturated carbocycles. The first-order chi connectivity index (χ1) is 11.8. The van der Waals surface area contributed by atoms with E-state index in [0.717, 1.165) is 5.39 Å². The molecule has 10 heteroatoms. The van der Waals surface area contributed by atoms with Crippen LogP contribution in [0.15, 0.2) is 36.9 Å². The lowest BCUT2D eigenvalue weighted by Gasteiger charge is -2.02. The Balaban J connectivity index is 1.45. The van der Waals surface area contributed by atoms with Crippen LogP contribution < -0.4 is 5.32 Å². The van der Waals surface area contributed by atoms with Crippen molar-refractivity contribution in [3.05, 3.63) is 48.4 Å². The van der Waals surface area contributed by atoms with E-state index in [4.69, 9.17) is 0 Å². The maximum absolute atomic E-state index is 12.2. The maximum atomic E-state index is 12.2. The molecule has 4 heterocycles. The Hall–Kier alpha value is -3.69. The van der Waals surface area contributed by atoms with Gasteiger partial charge in [-0.15, -0.1) is 0 Å². The van der Waals surface area contributed by atoms with Gasteiger partial charge < -0.3 is 5.32 Å². The Labute approximate surface area is 134 Å². The molecule has 0 aliphatic rings. The number of aromatic nitrogens is 8. The summed E-state index contributed by atoms with van der Waals surface area (Å²) in [6, 6.07) is 3.42. The Bertz CT molecular complexity index is 992. The summed E-state index contributed by atoms with van der Waals surface area (Å²) in [6.07, 6.45) is 6.34. The summed E-state index contributed by atoms with van der Waals surface area (Å²) >= 11 is 0. The molecule has 0 aromatic carbocycles. The third-order valence-electron chi connectivity index (χ3n) is 3.27. The number of pyridine rings is 1. The first kappa shape index (κ1) is 13.9. The zero-order valence-corrected chi connectivity index (χ0v) is 12.3. The van der Waals surface area contributed by atoms with Crippen LogP contribution >= 0.6 is 0 Å². The first-order valence-corrected chi connectivity index (χ1v) is 7.05. The predicted molar refractivity (Wildman–Crippen MR) is 82.5 cm³/mol. The molecule has 4 aromatic heterocycles. The Morgan fingerprint density at radius 1 is 1.12 bits per heavy atom. The Morgan fingerprint density at radius 2 is 2.08 bits per heavy atom. The molecule has 10 nitrogen and oxygen atoms in total. The van der Waals surface area contributed by atoms with Crippen LogP contribution in [0.4, 0.5) is 0 Å². The summed E-state index contributed by atoms with van der Waals surface area (Å²) in [5.74, 6) is 0.611. The lowest BCUT2D eigenvalue weighted by molar-refractivity contribution is 0.0945. The lowest BCUT2D eigenvalue weighted by Crippen LogP contribution is -2.24. The van der Waals surface area contributed by atoms with Gasteiger partial charge in [-0.25, -0.2) is 15.0 Å². The van der Waals surface area contributed by atoms with Crippen LogP contribution in [-0.2, 0) is 6.54 Å². The van der Waals surface area contributed by atoms with Crippen LogP contribution in [-0.4, -0.2) is 46.2 Å². The van der Waals surface area contributed by atoms with Gasteiger partial charge >= 0.3 is 0 Å². The summed E-state index contributed by atoms with van der Waals surface area (Å²) in [5.41, 5.74) is 1.41. The van der Waals surface area contributed by atoms with E-state index in [-0.39, 0.29) is 12.5 Å². The number of rotatable bonds is 4. The number of H-pyrrole nitrogens is 2. The van der Waals surface area contributed by atoms with E-state index >= 15 is 0 Å². The van der Waals surface area contributed by atoms with Crippen LogP contribution in [0, 0.1) is 0 Å². The van der Waals surface area contributed by atoms with Gasteiger partial charge in [0.15, 0.2) is 5.65 Å². The third kappa shape index (κ3) is 2.67. The van der Waals surface area contributed by atoms with E-state index in [9.17, 15) is 4.79 Å². The molecule has 0 saturated heterocycles. The van der Waals surface area contributed by atoms with E-state index in [0.29, 0.717) is 28.7 Å². The average Bonchev–Trinajstić information content (AvgIpc) is 3.29. The van der Waals surface area contributed by atoms with Crippen molar-refractivity contribution in [3.63, 3.8) is 0 Å². The fourth-order valence-electron chi connectivity index (χ4n) is 2.11. The van der Waals surface area contributed by atoms with Gasteiger partial charge in [-0.3, -0.25) is 20.0 Å². The largest absolute Gasteiger partial charge is 0.343 e. The SMILES string of the molecule is O=C(NCc1nc(-c2cnccn2)n[nH]1)c1ccc2cn[nH]c2n1.